The van der Waals surface area contributed by atoms with E-state index in [4.69, 9.17) is 4.74 Å². The van der Waals surface area contributed by atoms with Crippen LogP contribution >= 0.6 is 11.3 Å². The van der Waals surface area contributed by atoms with Crippen LogP contribution in [0.15, 0.2) is 18.2 Å². The molecule has 1 aromatic heterocycles. The number of aryl methyl sites for hydroxylation is 2. The first-order chi connectivity index (χ1) is 11.9. The van der Waals surface area contributed by atoms with Crippen LogP contribution in [0.25, 0.3) is 0 Å². The summed E-state index contributed by atoms with van der Waals surface area (Å²) in [5.74, 6) is 0.299. The summed E-state index contributed by atoms with van der Waals surface area (Å²) in [6.07, 6.45) is 1.46. The summed E-state index contributed by atoms with van der Waals surface area (Å²) in [6, 6.07) is 5.15. The van der Waals surface area contributed by atoms with Crippen LogP contribution < -0.4 is 15.4 Å². The summed E-state index contributed by atoms with van der Waals surface area (Å²) in [7, 11) is 1.53. The number of benzene rings is 1. The zero-order valence-electron chi connectivity index (χ0n) is 14.9. The highest BCUT2D eigenvalue weighted by Crippen LogP contribution is 2.28. The number of nitrogens with zero attached hydrogens (tertiary/aromatic N) is 1. The van der Waals surface area contributed by atoms with E-state index < -0.39 is 0 Å². The maximum absolute atomic E-state index is 12.2. The fraction of sp³-hybridized carbons (Fsp3) is 0.389. The van der Waals surface area contributed by atoms with Crippen molar-refractivity contribution < 1.29 is 14.3 Å². The average molecular weight is 361 g/mol. The molecule has 6 nitrogen and oxygen atoms in total. The summed E-state index contributed by atoms with van der Waals surface area (Å²) in [6.45, 7) is 5.83. The number of carbonyl (C=O) groups excluding carboxylic acids is 2. The van der Waals surface area contributed by atoms with Gasteiger partial charge in [0.2, 0.25) is 11.8 Å². The van der Waals surface area contributed by atoms with Gasteiger partial charge in [-0.2, -0.15) is 0 Å². The third-order valence-electron chi connectivity index (χ3n) is 3.56. The summed E-state index contributed by atoms with van der Waals surface area (Å²) in [4.78, 5) is 29.4. The van der Waals surface area contributed by atoms with Crippen LogP contribution in [0.5, 0.6) is 5.75 Å². The molecular formula is C18H23N3O3S. The van der Waals surface area contributed by atoms with Gasteiger partial charge in [-0.25, -0.2) is 4.98 Å². The molecule has 0 aliphatic carbocycles. The molecule has 0 fully saturated rings. The van der Waals surface area contributed by atoms with E-state index in [0.717, 1.165) is 22.0 Å². The molecule has 0 atom stereocenters. The van der Waals surface area contributed by atoms with Crippen molar-refractivity contribution in [3.63, 3.8) is 0 Å². The van der Waals surface area contributed by atoms with Gasteiger partial charge in [0, 0.05) is 23.1 Å². The van der Waals surface area contributed by atoms with E-state index in [1.807, 2.05) is 20.8 Å². The van der Waals surface area contributed by atoms with Crippen LogP contribution in [-0.4, -0.2) is 23.9 Å². The molecule has 0 aliphatic rings. The second-order valence-corrected chi connectivity index (χ2v) is 7.08. The van der Waals surface area contributed by atoms with Crippen molar-refractivity contribution in [1.29, 1.82) is 0 Å². The zero-order chi connectivity index (χ0) is 18.4. The van der Waals surface area contributed by atoms with Gasteiger partial charge in [0.1, 0.15) is 5.75 Å². The number of methoxy groups -OCH3 is 1. The fourth-order valence-electron chi connectivity index (χ4n) is 2.41. The zero-order valence-corrected chi connectivity index (χ0v) is 15.8. The summed E-state index contributed by atoms with van der Waals surface area (Å²) in [5, 5.41) is 6.60. The van der Waals surface area contributed by atoms with Gasteiger partial charge < -0.3 is 15.4 Å². The van der Waals surface area contributed by atoms with Gasteiger partial charge in [0.05, 0.1) is 29.9 Å². The molecule has 0 spiro atoms. The first-order valence-corrected chi connectivity index (χ1v) is 8.95. The van der Waals surface area contributed by atoms with Crippen LogP contribution in [0.2, 0.25) is 0 Å². The molecule has 1 aromatic carbocycles. The van der Waals surface area contributed by atoms with Crippen LogP contribution in [-0.2, 0) is 16.0 Å². The molecule has 7 heteroatoms. The number of hydrogen-bond donors (Lipinski definition) is 2. The van der Waals surface area contributed by atoms with Crippen LogP contribution in [0.3, 0.4) is 0 Å². The van der Waals surface area contributed by atoms with Gasteiger partial charge in [-0.3, -0.25) is 9.59 Å². The Balaban J connectivity index is 2.05. The Bertz CT molecular complexity index is 771. The minimum absolute atomic E-state index is 0.0630. The maximum atomic E-state index is 12.2. The first kappa shape index (κ1) is 18.9. The third-order valence-corrected chi connectivity index (χ3v) is 4.49. The average Bonchev–Trinajstić information content (AvgIpc) is 2.86. The number of amides is 2. The quantitative estimate of drug-likeness (QED) is 0.788. The Kier molecular flexibility index (Phi) is 6.52. The summed E-state index contributed by atoms with van der Waals surface area (Å²) < 4.78 is 5.31. The molecule has 2 amide bonds. The molecular weight excluding hydrogens is 338 g/mol. The molecule has 0 saturated carbocycles. The van der Waals surface area contributed by atoms with Crippen molar-refractivity contribution >= 4 is 34.5 Å². The molecule has 2 N–H and O–H groups in total. The van der Waals surface area contributed by atoms with Crippen molar-refractivity contribution in [1.82, 2.24) is 4.98 Å². The molecule has 134 valence electrons. The van der Waals surface area contributed by atoms with Crippen LogP contribution in [0, 0.1) is 13.8 Å². The number of aromatic nitrogens is 1. The van der Waals surface area contributed by atoms with Crippen molar-refractivity contribution in [2.24, 2.45) is 0 Å². The number of hydrogen-bond acceptors (Lipinski definition) is 5. The van der Waals surface area contributed by atoms with E-state index in [1.165, 1.54) is 7.11 Å². The Morgan fingerprint density at radius 1 is 1.20 bits per heavy atom. The maximum Gasteiger partial charge on any atom is 0.230 e. The lowest BCUT2D eigenvalue weighted by atomic mass is 10.2. The lowest BCUT2D eigenvalue weighted by Crippen LogP contribution is -2.16. The van der Waals surface area contributed by atoms with Crippen molar-refractivity contribution in [3.8, 4) is 5.75 Å². The third kappa shape index (κ3) is 5.29. The number of nitrogens with one attached hydrogen (secondary N) is 2. The highest BCUT2D eigenvalue weighted by Gasteiger charge is 2.12. The lowest BCUT2D eigenvalue weighted by molar-refractivity contribution is -0.116. The predicted octanol–water partition coefficient (Wildman–Crippen LogP) is 3.69. The number of carbonyl (C=O) groups is 2. The topological polar surface area (TPSA) is 80.3 Å². The monoisotopic (exact) mass is 361 g/mol. The van der Waals surface area contributed by atoms with Crippen LogP contribution in [0.4, 0.5) is 11.4 Å². The Morgan fingerprint density at radius 3 is 2.56 bits per heavy atom. The van der Waals surface area contributed by atoms with Crippen molar-refractivity contribution in [2.45, 2.75) is 40.0 Å². The predicted molar refractivity (Wildman–Crippen MR) is 100 cm³/mol. The molecule has 2 aromatic rings. The van der Waals surface area contributed by atoms with Gasteiger partial charge >= 0.3 is 0 Å². The van der Waals surface area contributed by atoms with E-state index in [1.54, 1.807) is 29.5 Å². The molecule has 0 saturated heterocycles. The number of ether oxygens (including phenoxy) is 1. The van der Waals surface area contributed by atoms with Crippen molar-refractivity contribution in [2.75, 3.05) is 17.7 Å². The molecule has 2 rings (SSSR count). The number of rotatable bonds is 7. The Morgan fingerprint density at radius 2 is 1.96 bits per heavy atom. The Hall–Kier alpha value is -2.41. The summed E-state index contributed by atoms with van der Waals surface area (Å²) in [5.41, 5.74) is 2.00. The molecule has 0 unspecified atom stereocenters. The fourth-order valence-corrected chi connectivity index (χ4v) is 3.24. The molecule has 0 aliphatic heterocycles. The van der Waals surface area contributed by atoms with Gasteiger partial charge in [-0.1, -0.05) is 6.92 Å². The minimum Gasteiger partial charge on any atom is -0.494 e. The number of thiazole rings is 1. The lowest BCUT2D eigenvalue weighted by Gasteiger charge is -2.12. The summed E-state index contributed by atoms with van der Waals surface area (Å²) >= 11 is 1.58. The molecule has 0 radical (unpaired) electrons. The van der Waals surface area contributed by atoms with E-state index in [-0.39, 0.29) is 18.2 Å². The van der Waals surface area contributed by atoms with Gasteiger partial charge in [0.25, 0.3) is 0 Å². The second kappa shape index (κ2) is 8.62. The van der Waals surface area contributed by atoms with Crippen molar-refractivity contribution in [3.05, 3.63) is 33.8 Å². The van der Waals surface area contributed by atoms with E-state index in [0.29, 0.717) is 23.5 Å². The minimum atomic E-state index is -0.141. The normalized spacial score (nSPS) is 10.4. The second-order valence-electron chi connectivity index (χ2n) is 5.67. The highest BCUT2D eigenvalue weighted by molar-refractivity contribution is 7.11. The van der Waals surface area contributed by atoms with E-state index in [2.05, 4.69) is 15.6 Å². The van der Waals surface area contributed by atoms with E-state index >= 15 is 0 Å². The molecule has 0 bridgehead atoms. The largest absolute Gasteiger partial charge is 0.494 e. The smallest absolute Gasteiger partial charge is 0.230 e. The first-order valence-electron chi connectivity index (χ1n) is 8.13. The van der Waals surface area contributed by atoms with Gasteiger partial charge in [-0.05, 0) is 32.4 Å². The SMILES string of the molecule is CCCC(=O)Nc1ccc(NC(=O)Cc2nc(C)sc2C)cc1OC. The Labute approximate surface area is 151 Å². The van der Waals surface area contributed by atoms with Gasteiger partial charge in [0.15, 0.2) is 0 Å². The van der Waals surface area contributed by atoms with Crippen LogP contribution in [0.1, 0.15) is 35.3 Å². The molecule has 1 heterocycles. The van der Waals surface area contributed by atoms with Gasteiger partial charge in [-0.15, -0.1) is 11.3 Å². The van der Waals surface area contributed by atoms with E-state index in [9.17, 15) is 9.59 Å². The standard InChI is InChI=1S/C18H23N3O3S/c1-5-6-17(22)21-14-8-7-13(9-16(14)24-4)20-18(23)10-15-11(2)25-12(3)19-15/h7-9H,5-6,10H2,1-4H3,(H,20,23)(H,21,22). The molecule has 25 heavy (non-hydrogen) atoms. The number of anilines is 2. The highest BCUT2D eigenvalue weighted by atomic mass is 32.1.